The van der Waals surface area contributed by atoms with Gasteiger partial charge in [0.2, 0.25) is 5.91 Å². The molecule has 2 amide bonds. The van der Waals surface area contributed by atoms with Crippen molar-refractivity contribution in [2.75, 3.05) is 6.61 Å². The van der Waals surface area contributed by atoms with E-state index < -0.39 is 24.1 Å². The van der Waals surface area contributed by atoms with Gasteiger partial charge in [0.15, 0.2) is 0 Å². The van der Waals surface area contributed by atoms with Crippen molar-refractivity contribution in [2.45, 2.75) is 64.5 Å². The zero-order valence-electron chi connectivity index (χ0n) is 20.0. The molecule has 3 rings (SSSR count). The van der Waals surface area contributed by atoms with Crippen molar-refractivity contribution >= 4 is 18.0 Å². The van der Waals surface area contributed by atoms with Crippen LogP contribution in [0.4, 0.5) is 4.79 Å². The molecule has 182 valence electrons. The zero-order valence-corrected chi connectivity index (χ0v) is 20.0. The summed E-state index contributed by atoms with van der Waals surface area (Å²) in [4.78, 5) is 36.6. The maximum absolute atomic E-state index is 12.9. The van der Waals surface area contributed by atoms with E-state index in [0.29, 0.717) is 18.8 Å². The Labute approximate surface area is 200 Å². The minimum atomic E-state index is -0.977. The fourth-order valence-electron chi connectivity index (χ4n) is 4.36. The van der Waals surface area contributed by atoms with Crippen molar-refractivity contribution in [1.29, 1.82) is 0 Å². The molecule has 0 bridgehead atoms. The molecule has 0 saturated heterocycles. The SMILES string of the molecule is CC[C@@H](CC(=O)O)NC(=O)C(CCC(C)C)NC(=O)OCC1c2ccccc2-c2ccccc21. The van der Waals surface area contributed by atoms with Gasteiger partial charge in [-0.1, -0.05) is 69.3 Å². The van der Waals surface area contributed by atoms with Gasteiger partial charge in [0, 0.05) is 12.0 Å². The zero-order chi connectivity index (χ0) is 24.7. The Morgan fingerprint density at radius 2 is 1.53 bits per heavy atom. The van der Waals surface area contributed by atoms with E-state index in [0.717, 1.165) is 28.7 Å². The first kappa shape index (κ1) is 25.3. The number of carboxylic acid groups (broad SMARTS) is 1. The third-order valence-corrected chi connectivity index (χ3v) is 6.25. The number of aliphatic carboxylic acids is 1. The van der Waals surface area contributed by atoms with E-state index >= 15 is 0 Å². The van der Waals surface area contributed by atoms with Gasteiger partial charge < -0.3 is 20.5 Å². The van der Waals surface area contributed by atoms with E-state index in [2.05, 4.69) is 22.8 Å². The Bertz CT molecular complexity index is 974. The standard InChI is InChI=1S/C27H34N2O5/c1-4-18(15-25(30)31)28-26(32)24(14-13-17(2)3)29-27(33)34-16-23-21-11-7-5-9-19(21)20-10-6-8-12-22(20)23/h5-12,17-18,23-24H,4,13-16H2,1-3H3,(H,28,32)(H,29,33)(H,30,31)/t18-,24?/m0/s1. The molecule has 34 heavy (non-hydrogen) atoms. The average molecular weight is 467 g/mol. The molecule has 1 aliphatic rings. The molecule has 7 heteroatoms. The molecule has 0 heterocycles. The van der Waals surface area contributed by atoms with Crippen LogP contribution in [-0.4, -0.2) is 41.8 Å². The normalized spacial score (nSPS) is 14.1. The number of alkyl carbamates (subject to hydrolysis) is 1. The lowest BCUT2D eigenvalue weighted by Crippen LogP contribution is -2.50. The quantitative estimate of drug-likeness (QED) is 0.445. The molecule has 1 unspecified atom stereocenters. The Balaban J connectivity index is 1.65. The lowest BCUT2D eigenvalue weighted by molar-refractivity contribution is -0.137. The van der Waals surface area contributed by atoms with Gasteiger partial charge in [-0.3, -0.25) is 9.59 Å². The van der Waals surface area contributed by atoms with Crippen molar-refractivity contribution in [1.82, 2.24) is 10.6 Å². The third-order valence-electron chi connectivity index (χ3n) is 6.25. The summed E-state index contributed by atoms with van der Waals surface area (Å²) >= 11 is 0. The molecule has 7 nitrogen and oxygen atoms in total. The molecule has 0 spiro atoms. The van der Waals surface area contributed by atoms with E-state index in [4.69, 9.17) is 9.84 Å². The van der Waals surface area contributed by atoms with Crippen LogP contribution >= 0.6 is 0 Å². The highest BCUT2D eigenvalue weighted by Crippen LogP contribution is 2.44. The topological polar surface area (TPSA) is 105 Å². The van der Waals surface area contributed by atoms with Crippen LogP contribution in [0.1, 0.15) is 63.5 Å². The molecule has 2 aromatic carbocycles. The first-order chi connectivity index (χ1) is 16.3. The van der Waals surface area contributed by atoms with Crippen LogP contribution in [0.2, 0.25) is 0 Å². The second-order valence-corrected chi connectivity index (χ2v) is 9.21. The molecular weight excluding hydrogens is 432 g/mol. The molecule has 3 N–H and O–H groups in total. The smallest absolute Gasteiger partial charge is 0.407 e. The van der Waals surface area contributed by atoms with E-state index in [-0.39, 0.29) is 24.9 Å². The van der Waals surface area contributed by atoms with Crippen LogP contribution in [-0.2, 0) is 14.3 Å². The summed E-state index contributed by atoms with van der Waals surface area (Å²) in [5.41, 5.74) is 4.52. The highest BCUT2D eigenvalue weighted by molar-refractivity contribution is 5.86. The van der Waals surface area contributed by atoms with Gasteiger partial charge >= 0.3 is 12.1 Å². The van der Waals surface area contributed by atoms with Crippen LogP contribution in [0.5, 0.6) is 0 Å². The Morgan fingerprint density at radius 3 is 2.06 bits per heavy atom. The van der Waals surface area contributed by atoms with E-state index in [1.54, 1.807) is 0 Å². The molecule has 0 fully saturated rings. The summed E-state index contributed by atoms with van der Waals surface area (Å²) in [6, 6.07) is 14.9. The molecule has 0 aliphatic heterocycles. The molecule has 0 aromatic heterocycles. The van der Waals surface area contributed by atoms with E-state index in [1.165, 1.54) is 0 Å². The van der Waals surface area contributed by atoms with Gasteiger partial charge in [-0.25, -0.2) is 4.79 Å². The average Bonchev–Trinajstić information content (AvgIpc) is 3.13. The van der Waals surface area contributed by atoms with Gasteiger partial charge in [0.05, 0.1) is 6.42 Å². The number of ether oxygens (including phenoxy) is 1. The summed E-state index contributed by atoms with van der Waals surface area (Å²) in [6.07, 6.45) is 0.843. The summed E-state index contributed by atoms with van der Waals surface area (Å²) in [5, 5.41) is 14.5. The summed E-state index contributed by atoms with van der Waals surface area (Å²) in [7, 11) is 0. The van der Waals surface area contributed by atoms with Crippen molar-refractivity contribution in [3.8, 4) is 11.1 Å². The maximum Gasteiger partial charge on any atom is 0.407 e. The van der Waals surface area contributed by atoms with E-state index in [9.17, 15) is 14.4 Å². The summed E-state index contributed by atoms with van der Waals surface area (Å²) < 4.78 is 5.60. The number of carbonyl (C=O) groups excluding carboxylic acids is 2. The monoisotopic (exact) mass is 466 g/mol. The highest BCUT2D eigenvalue weighted by atomic mass is 16.5. The number of benzene rings is 2. The third kappa shape index (κ3) is 6.37. The highest BCUT2D eigenvalue weighted by Gasteiger charge is 2.30. The minimum Gasteiger partial charge on any atom is -0.481 e. The number of hydrogen-bond donors (Lipinski definition) is 3. The van der Waals surface area contributed by atoms with Crippen LogP contribution in [0, 0.1) is 5.92 Å². The first-order valence-electron chi connectivity index (χ1n) is 11.9. The Morgan fingerprint density at radius 1 is 0.941 bits per heavy atom. The molecule has 0 radical (unpaired) electrons. The summed E-state index contributed by atoms with van der Waals surface area (Å²) in [6.45, 7) is 6.06. The van der Waals surface area contributed by atoms with Crippen molar-refractivity contribution in [3.63, 3.8) is 0 Å². The number of carboxylic acids is 1. The maximum atomic E-state index is 12.9. The lowest BCUT2D eigenvalue weighted by atomic mass is 9.98. The molecular formula is C27H34N2O5. The van der Waals surface area contributed by atoms with Crippen LogP contribution in [0.25, 0.3) is 11.1 Å². The lowest BCUT2D eigenvalue weighted by Gasteiger charge is -2.23. The van der Waals surface area contributed by atoms with Gasteiger partial charge in [-0.05, 0) is 47.4 Å². The van der Waals surface area contributed by atoms with Gasteiger partial charge in [0.1, 0.15) is 12.6 Å². The number of hydrogen-bond acceptors (Lipinski definition) is 4. The molecule has 0 saturated carbocycles. The largest absolute Gasteiger partial charge is 0.481 e. The predicted octanol–water partition coefficient (Wildman–Crippen LogP) is 4.70. The first-order valence-corrected chi connectivity index (χ1v) is 11.9. The number of fused-ring (bicyclic) bond motifs is 3. The molecule has 2 atom stereocenters. The second-order valence-electron chi connectivity index (χ2n) is 9.21. The van der Waals surface area contributed by atoms with Crippen LogP contribution < -0.4 is 10.6 Å². The Hall–Kier alpha value is -3.35. The van der Waals surface area contributed by atoms with Gasteiger partial charge in [0.25, 0.3) is 0 Å². The van der Waals surface area contributed by atoms with Gasteiger partial charge in [-0.15, -0.1) is 0 Å². The van der Waals surface area contributed by atoms with E-state index in [1.807, 2.05) is 57.2 Å². The van der Waals surface area contributed by atoms with Crippen LogP contribution in [0.3, 0.4) is 0 Å². The number of carbonyl (C=O) groups is 3. The number of amides is 2. The minimum absolute atomic E-state index is 0.0684. The van der Waals surface area contributed by atoms with Crippen molar-refractivity contribution < 1.29 is 24.2 Å². The molecule has 2 aromatic rings. The second kappa shape index (κ2) is 11.7. The van der Waals surface area contributed by atoms with Gasteiger partial charge in [-0.2, -0.15) is 0 Å². The van der Waals surface area contributed by atoms with Crippen molar-refractivity contribution in [3.05, 3.63) is 59.7 Å². The fraction of sp³-hybridized carbons (Fsp3) is 0.444. The molecule has 1 aliphatic carbocycles. The Kier molecular flexibility index (Phi) is 8.68. The fourth-order valence-corrected chi connectivity index (χ4v) is 4.36. The number of rotatable bonds is 11. The number of nitrogens with one attached hydrogen (secondary N) is 2. The van der Waals surface area contributed by atoms with Crippen LogP contribution in [0.15, 0.2) is 48.5 Å². The predicted molar refractivity (Wildman–Crippen MR) is 131 cm³/mol. The summed E-state index contributed by atoms with van der Waals surface area (Å²) in [5.74, 6) is -1.08. The van der Waals surface area contributed by atoms with Crippen molar-refractivity contribution in [2.24, 2.45) is 5.92 Å².